The first kappa shape index (κ1) is 19.1. The molecule has 2 aromatic carbocycles. The number of benzene rings is 2. The number of anilines is 1. The van der Waals surface area contributed by atoms with E-state index in [0.29, 0.717) is 11.4 Å². The molecule has 1 amide bonds. The number of hydrogen-bond donors (Lipinski definition) is 2. The van der Waals surface area contributed by atoms with Crippen LogP contribution in [-0.4, -0.2) is 23.1 Å². The fraction of sp³-hybridized carbons (Fsp3) is 0.238. The molecule has 2 atom stereocenters. The third kappa shape index (κ3) is 5.67. The van der Waals surface area contributed by atoms with Gasteiger partial charge in [-0.15, -0.1) is 5.92 Å². The molecule has 2 aromatic rings. The number of carboxylic acid groups (broad SMARTS) is 1. The summed E-state index contributed by atoms with van der Waals surface area (Å²) < 4.78 is 5.59. The SMILES string of the molecule is CC#CC(CC(=O)O)c1ccc(NC(=O)C(C)Oc2ccccc2)cc1. The summed E-state index contributed by atoms with van der Waals surface area (Å²) in [6.07, 6.45) is -0.711. The zero-order valence-electron chi connectivity index (χ0n) is 14.7. The Kier molecular flexibility index (Phi) is 6.81. The topological polar surface area (TPSA) is 75.6 Å². The fourth-order valence-corrected chi connectivity index (χ4v) is 2.40. The molecule has 2 unspecified atom stereocenters. The minimum absolute atomic E-state index is 0.0610. The van der Waals surface area contributed by atoms with E-state index in [2.05, 4.69) is 17.2 Å². The first-order valence-corrected chi connectivity index (χ1v) is 8.26. The van der Waals surface area contributed by atoms with Crippen LogP contribution in [0.1, 0.15) is 31.7 Å². The predicted octanol–water partition coefficient (Wildman–Crippen LogP) is 3.67. The van der Waals surface area contributed by atoms with Gasteiger partial charge in [0.25, 0.3) is 5.91 Å². The molecule has 0 aliphatic heterocycles. The molecule has 0 heterocycles. The van der Waals surface area contributed by atoms with Gasteiger partial charge in [-0.3, -0.25) is 9.59 Å². The van der Waals surface area contributed by atoms with Crippen molar-refractivity contribution in [1.82, 2.24) is 0 Å². The molecule has 26 heavy (non-hydrogen) atoms. The van der Waals surface area contributed by atoms with Gasteiger partial charge in [-0.25, -0.2) is 0 Å². The summed E-state index contributed by atoms with van der Waals surface area (Å²) >= 11 is 0. The van der Waals surface area contributed by atoms with Gasteiger partial charge in [0.1, 0.15) is 5.75 Å². The molecule has 2 rings (SSSR count). The number of aliphatic carboxylic acids is 1. The van der Waals surface area contributed by atoms with E-state index in [0.717, 1.165) is 5.56 Å². The molecule has 0 spiro atoms. The average Bonchev–Trinajstić information content (AvgIpc) is 2.62. The van der Waals surface area contributed by atoms with Gasteiger partial charge in [-0.1, -0.05) is 36.3 Å². The number of rotatable bonds is 7. The molecule has 0 saturated heterocycles. The highest BCUT2D eigenvalue weighted by Gasteiger charge is 2.16. The van der Waals surface area contributed by atoms with Gasteiger partial charge in [0.2, 0.25) is 0 Å². The minimum atomic E-state index is -0.901. The molecule has 0 aliphatic rings. The normalized spacial score (nSPS) is 12.2. The van der Waals surface area contributed by atoms with Crippen molar-refractivity contribution in [2.45, 2.75) is 32.3 Å². The van der Waals surface area contributed by atoms with Crippen molar-refractivity contribution in [3.8, 4) is 17.6 Å². The maximum atomic E-state index is 12.2. The maximum Gasteiger partial charge on any atom is 0.304 e. The van der Waals surface area contributed by atoms with Crippen LogP contribution in [0.5, 0.6) is 5.75 Å². The van der Waals surface area contributed by atoms with Gasteiger partial charge in [0, 0.05) is 5.69 Å². The van der Waals surface area contributed by atoms with Crippen molar-refractivity contribution in [2.24, 2.45) is 0 Å². The molecule has 2 N–H and O–H groups in total. The van der Waals surface area contributed by atoms with Crippen LogP contribution in [-0.2, 0) is 9.59 Å². The van der Waals surface area contributed by atoms with Gasteiger partial charge in [0.15, 0.2) is 6.10 Å². The average molecular weight is 351 g/mol. The Bertz CT molecular complexity index is 803. The van der Waals surface area contributed by atoms with Gasteiger partial charge >= 0.3 is 5.97 Å². The molecule has 0 aliphatic carbocycles. The smallest absolute Gasteiger partial charge is 0.304 e. The van der Waals surface area contributed by atoms with Crippen LogP contribution in [0.2, 0.25) is 0 Å². The number of carboxylic acids is 1. The minimum Gasteiger partial charge on any atom is -0.481 e. The Balaban J connectivity index is 2.00. The lowest BCUT2D eigenvalue weighted by molar-refractivity contribution is -0.137. The van der Waals surface area contributed by atoms with Gasteiger partial charge in [-0.2, -0.15) is 0 Å². The van der Waals surface area contributed by atoms with E-state index in [4.69, 9.17) is 9.84 Å². The summed E-state index contributed by atoms with van der Waals surface area (Å²) in [7, 11) is 0. The second-order valence-corrected chi connectivity index (χ2v) is 5.73. The molecule has 5 nitrogen and oxygen atoms in total. The second kappa shape index (κ2) is 9.28. The van der Waals surface area contributed by atoms with Gasteiger partial charge in [0.05, 0.1) is 12.3 Å². The Morgan fingerprint density at radius 2 is 1.77 bits per heavy atom. The van der Waals surface area contributed by atoms with Gasteiger partial charge < -0.3 is 15.2 Å². The molecule has 134 valence electrons. The van der Waals surface area contributed by atoms with E-state index in [1.54, 1.807) is 50.2 Å². The molecule has 0 aromatic heterocycles. The standard InChI is InChI=1S/C21H21NO4/c1-3-7-17(14-20(23)24)16-10-12-18(13-11-16)22-21(25)15(2)26-19-8-5-4-6-9-19/h4-6,8-13,15,17H,14H2,1-2H3,(H,22,25)(H,23,24). The Labute approximate surface area is 153 Å². The number of carbonyl (C=O) groups excluding carboxylic acids is 1. The Morgan fingerprint density at radius 3 is 2.35 bits per heavy atom. The molecule has 0 saturated carbocycles. The van der Waals surface area contributed by atoms with Crippen LogP contribution >= 0.6 is 0 Å². The van der Waals surface area contributed by atoms with Crippen LogP contribution in [0, 0.1) is 11.8 Å². The van der Waals surface area contributed by atoms with Crippen molar-refractivity contribution in [3.05, 3.63) is 60.2 Å². The van der Waals surface area contributed by atoms with Crippen molar-refractivity contribution >= 4 is 17.6 Å². The van der Waals surface area contributed by atoms with E-state index in [9.17, 15) is 9.59 Å². The number of hydrogen-bond acceptors (Lipinski definition) is 3. The monoisotopic (exact) mass is 351 g/mol. The number of amides is 1. The summed E-state index contributed by atoms with van der Waals surface area (Å²) in [6, 6.07) is 16.1. The van der Waals surface area contributed by atoms with Crippen LogP contribution < -0.4 is 10.1 Å². The number of ether oxygens (including phenoxy) is 1. The summed E-state index contributed by atoms with van der Waals surface area (Å²) in [5.41, 5.74) is 1.41. The zero-order chi connectivity index (χ0) is 18.9. The van der Waals surface area contributed by atoms with E-state index in [-0.39, 0.29) is 18.2 Å². The third-order valence-electron chi connectivity index (χ3n) is 3.70. The highest BCUT2D eigenvalue weighted by atomic mass is 16.5. The zero-order valence-corrected chi connectivity index (χ0v) is 14.7. The summed E-state index contributed by atoms with van der Waals surface area (Å²) in [5, 5.41) is 11.8. The van der Waals surface area contributed by atoms with Crippen LogP contribution in [0.25, 0.3) is 0 Å². The second-order valence-electron chi connectivity index (χ2n) is 5.73. The lowest BCUT2D eigenvalue weighted by atomic mass is 9.96. The van der Waals surface area contributed by atoms with Gasteiger partial charge in [-0.05, 0) is 43.7 Å². The number of para-hydroxylation sites is 1. The first-order chi connectivity index (χ1) is 12.5. The van der Waals surface area contributed by atoms with Crippen LogP contribution in [0.4, 0.5) is 5.69 Å². The predicted molar refractivity (Wildman–Crippen MR) is 100 cm³/mol. The quantitative estimate of drug-likeness (QED) is 0.746. The number of carbonyl (C=O) groups is 2. The van der Waals surface area contributed by atoms with E-state index in [1.165, 1.54) is 0 Å². The molecule has 0 bridgehead atoms. The largest absolute Gasteiger partial charge is 0.481 e. The van der Waals surface area contributed by atoms with Crippen molar-refractivity contribution < 1.29 is 19.4 Å². The summed E-state index contributed by atoms with van der Waals surface area (Å²) in [4.78, 5) is 23.2. The molecular formula is C21H21NO4. The maximum absolute atomic E-state index is 12.2. The lowest BCUT2D eigenvalue weighted by Gasteiger charge is -2.15. The van der Waals surface area contributed by atoms with E-state index in [1.807, 2.05) is 18.2 Å². The molecular weight excluding hydrogens is 330 g/mol. The third-order valence-corrected chi connectivity index (χ3v) is 3.70. The Hall–Kier alpha value is -3.26. The first-order valence-electron chi connectivity index (χ1n) is 8.26. The van der Waals surface area contributed by atoms with E-state index < -0.39 is 12.1 Å². The lowest BCUT2D eigenvalue weighted by Crippen LogP contribution is -2.30. The molecule has 0 fully saturated rings. The van der Waals surface area contributed by atoms with Crippen molar-refractivity contribution in [3.63, 3.8) is 0 Å². The summed E-state index contributed by atoms with van der Waals surface area (Å²) in [6.45, 7) is 3.36. The molecule has 5 heteroatoms. The molecule has 0 radical (unpaired) electrons. The van der Waals surface area contributed by atoms with Crippen LogP contribution in [0.3, 0.4) is 0 Å². The van der Waals surface area contributed by atoms with E-state index >= 15 is 0 Å². The number of nitrogens with one attached hydrogen (secondary N) is 1. The van der Waals surface area contributed by atoms with Crippen molar-refractivity contribution in [2.75, 3.05) is 5.32 Å². The Morgan fingerprint density at radius 1 is 1.12 bits per heavy atom. The summed E-state index contributed by atoms with van der Waals surface area (Å²) in [5.74, 6) is 4.74. The highest BCUT2D eigenvalue weighted by molar-refractivity contribution is 5.94. The fourth-order valence-electron chi connectivity index (χ4n) is 2.40. The van der Waals surface area contributed by atoms with Crippen LogP contribution in [0.15, 0.2) is 54.6 Å². The van der Waals surface area contributed by atoms with Crippen molar-refractivity contribution in [1.29, 1.82) is 0 Å². The highest BCUT2D eigenvalue weighted by Crippen LogP contribution is 2.21.